The molecular weight excluding hydrogens is 459 g/mol. The Morgan fingerprint density at radius 1 is 1.06 bits per heavy atom. The molecule has 0 radical (unpaired) electrons. The van der Waals surface area contributed by atoms with E-state index in [0.29, 0.717) is 12.2 Å². The summed E-state index contributed by atoms with van der Waals surface area (Å²) >= 11 is 0. The van der Waals surface area contributed by atoms with E-state index in [4.69, 9.17) is 4.74 Å². The van der Waals surface area contributed by atoms with Crippen LogP contribution in [0.5, 0.6) is 5.75 Å². The van der Waals surface area contributed by atoms with Gasteiger partial charge in [0.25, 0.3) is 0 Å². The summed E-state index contributed by atoms with van der Waals surface area (Å²) < 4.78 is 46.5. The molecule has 178 valence electrons. The van der Waals surface area contributed by atoms with Gasteiger partial charge in [-0.15, -0.1) is 0 Å². The van der Waals surface area contributed by atoms with Gasteiger partial charge in [-0.05, 0) is 54.1 Å². The van der Waals surface area contributed by atoms with Crippen LogP contribution in [0.1, 0.15) is 11.1 Å². The molecule has 0 bridgehead atoms. The molecule has 7 nitrogen and oxygen atoms in total. The highest BCUT2D eigenvalue weighted by Crippen LogP contribution is 2.35. The monoisotopic (exact) mass is 479 g/mol. The molecule has 5 aromatic rings. The van der Waals surface area contributed by atoms with Gasteiger partial charge in [-0.2, -0.15) is 13.2 Å². The van der Waals surface area contributed by atoms with Crippen LogP contribution in [-0.2, 0) is 12.7 Å². The van der Waals surface area contributed by atoms with Crippen LogP contribution in [0.3, 0.4) is 0 Å². The van der Waals surface area contributed by atoms with Crippen molar-refractivity contribution in [3.8, 4) is 5.75 Å². The number of amides is 2. The number of aromatic amines is 1. The highest BCUT2D eigenvalue weighted by atomic mass is 19.4. The fourth-order valence-electron chi connectivity index (χ4n) is 4.07. The number of halogens is 3. The van der Waals surface area contributed by atoms with Crippen molar-refractivity contribution < 1.29 is 22.7 Å². The lowest BCUT2D eigenvalue weighted by Crippen LogP contribution is -2.20. The van der Waals surface area contributed by atoms with E-state index >= 15 is 0 Å². The summed E-state index contributed by atoms with van der Waals surface area (Å²) in [6, 6.07) is 13.5. The number of carbonyl (C=O) groups excluding carboxylic acids is 1. The number of methoxy groups -OCH3 is 1. The predicted octanol–water partition coefficient (Wildman–Crippen LogP) is 6.24. The minimum absolute atomic E-state index is 0.0854. The first-order valence-corrected chi connectivity index (χ1v) is 10.7. The number of H-pyrrole nitrogens is 1. The lowest BCUT2D eigenvalue weighted by Gasteiger charge is -2.14. The Morgan fingerprint density at radius 3 is 2.69 bits per heavy atom. The van der Waals surface area contributed by atoms with Crippen molar-refractivity contribution in [3.63, 3.8) is 0 Å². The second kappa shape index (κ2) is 8.71. The zero-order valence-electron chi connectivity index (χ0n) is 18.5. The summed E-state index contributed by atoms with van der Waals surface area (Å²) in [4.78, 5) is 20.1. The number of nitrogens with zero attached hydrogens (tertiary/aromatic N) is 2. The van der Waals surface area contributed by atoms with Crippen LogP contribution in [0.25, 0.3) is 21.9 Å². The Kier molecular flexibility index (Phi) is 5.56. The van der Waals surface area contributed by atoms with E-state index in [1.165, 1.54) is 13.2 Å². The molecule has 0 saturated heterocycles. The van der Waals surface area contributed by atoms with Crippen LogP contribution in [0.4, 0.5) is 29.3 Å². The van der Waals surface area contributed by atoms with Crippen LogP contribution >= 0.6 is 0 Å². The van der Waals surface area contributed by atoms with Crippen molar-refractivity contribution in [2.24, 2.45) is 0 Å². The number of alkyl halides is 3. The van der Waals surface area contributed by atoms with Crippen molar-refractivity contribution in [3.05, 3.63) is 84.3 Å². The molecule has 0 atom stereocenters. The van der Waals surface area contributed by atoms with E-state index in [9.17, 15) is 18.0 Å². The number of aromatic nitrogens is 3. The molecule has 35 heavy (non-hydrogen) atoms. The van der Waals surface area contributed by atoms with Crippen LogP contribution in [0.15, 0.2) is 73.2 Å². The van der Waals surface area contributed by atoms with Crippen LogP contribution < -0.4 is 15.4 Å². The van der Waals surface area contributed by atoms with Gasteiger partial charge < -0.3 is 24.9 Å². The maximum Gasteiger partial charge on any atom is 0.416 e. The number of carbonyl (C=O) groups is 1. The molecule has 3 N–H and O–H groups in total. The standard InChI is InChI=1S/C25H20F3N5O2/c1-35-22-6-5-16(25(26,27)28)13-20(22)32-24(34)31-19-3-2-4-21-18(19)9-12-33(21)14-15-7-10-29-23-17(15)8-11-30-23/h2-13H,14H2,1H3,(H,29,30)(H2,31,32,34). The van der Waals surface area contributed by atoms with Crippen molar-refractivity contribution in [2.45, 2.75) is 12.7 Å². The molecule has 0 saturated carbocycles. The topological polar surface area (TPSA) is 84.0 Å². The Bertz CT molecular complexity index is 1540. The minimum Gasteiger partial charge on any atom is -0.495 e. The third kappa shape index (κ3) is 4.37. The Labute approximate surface area is 197 Å². The lowest BCUT2D eigenvalue weighted by molar-refractivity contribution is -0.137. The predicted molar refractivity (Wildman–Crippen MR) is 128 cm³/mol. The van der Waals surface area contributed by atoms with E-state index in [0.717, 1.165) is 39.6 Å². The van der Waals surface area contributed by atoms with Gasteiger partial charge in [-0.25, -0.2) is 9.78 Å². The van der Waals surface area contributed by atoms with E-state index in [-0.39, 0.29) is 11.4 Å². The molecule has 0 unspecified atom stereocenters. The zero-order valence-corrected chi connectivity index (χ0v) is 18.5. The summed E-state index contributed by atoms with van der Waals surface area (Å²) in [6.07, 6.45) is 0.963. The van der Waals surface area contributed by atoms with Gasteiger partial charge in [0.1, 0.15) is 11.4 Å². The fraction of sp³-hybridized carbons (Fsp3) is 0.120. The van der Waals surface area contributed by atoms with Gasteiger partial charge in [0, 0.05) is 35.9 Å². The molecule has 5 rings (SSSR count). The third-order valence-electron chi connectivity index (χ3n) is 5.73. The Balaban J connectivity index is 1.39. The van der Waals surface area contributed by atoms with Gasteiger partial charge in [-0.1, -0.05) is 6.07 Å². The number of hydrogen-bond acceptors (Lipinski definition) is 3. The van der Waals surface area contributed by atoms with E-state index in [1.807, 2.05) is 36.7 Å². The van der Waals surface area contributed by atoms with Crippen molar-refractivity contribution in [1.82, 2.24) is 14.5 Å². The summed E-state index contributed by atoms with van der Waals surface area (Å²) in [6.45, 7) is 0.595. The maximum atomic E-state index is 13.1. The van der Waals surface area contributed by atoms with Crippen LogP contribution in [0, 0.1) is 0 Å². The van der Waals surface area contributed by atoms with Gasteiger partial charge in [0.05, 0.1) is 29.6 Å². The first-order valence-electron chi connectivity index (χ1n) is 10.7. The van der Waals surface area contributed by atoms with Gasteiger partial charge in [0.15, 0.2) is 0 Å². The van der Waals surface area contributed by atoms with Crippen molar-refractivity contribution >= 4 is 39.3 Å². The second-order valence-electron chi connectivity index (χ2n) is 7.88. The van der Waals surface area contributed by atoms with E-state index in [2.05, 4.69) is 25.2 Å². The van der Waals surface area contributed by atoms with Crippen molar-refractivity contribution in [1.29, 1.82) is 0 Å². The zero-order chi connectivity index (χ0) is 24.6. The average Bonchev–Trinajstić information content (AvgIpc) is 3.47. The smallest absolute Gasteiger partial charge is 0.416 e. The van der Waals surface area contributed by atoms with E-state index in [1.54, 1.807) is 18.3 Å². The number of hydrogen-bond donors (Lipinski definition) is 3. The normalized spacial score (nSPS) is 11.7. The summed E-state index contributed by atoms with van der Waals surface area (Å²) in [5.41, 5.74) is 2.33. The van der Waals surface area contributed by atoms with E-state index < -0.39 is 17.8 Å². The Hall–Kier alpha value is -4.47. The average molecular weight is 479 g/mol. The molecular formula is C25H20F3N5O2. The van der Waals surface area contributed by atoms with Gasteiger partial charge in [-0.3, -0.25) is 0 Å². The molecule has 10 heteroatoms. The number of rotatable bonds is 5. The first-order chi connectivity index (χ1) is 16.8. The fourth-order valence-corrected chi connectivity index (χ4v) is 4.07. The Morgan fingerprint density at radius 2 is 1.89 bits per heavy atom. The number of nitrogens with one attached hydrogen (secondary N) is 3. The summed E-state index contributed by atoms with van der Waals surface area (Å²) in [5, 5.41) is 7.00. The number of fused-ring (bicyclic) bond motifs is 2. The molecule has 0 spiro atoms. The molecule has 0 aliphatic carbocycles. The molecule has 0 aliphatic heterocycles. The second-order valence-corrected chi connectivity index (χ2v) is 7.88. The molecule has 0 aliphatic rings. The molecule has 2 amide bonds. The van der Waals surface area contributed by atoms with Crippen molar-refractivity contribution in [2.75, 3.05) is 17.7 Å². The largest absolute Gasteiger partial charge is 0.495 e. The van der Waals surface area contributed by atoms with Gasteiger partial charge >= 0.3 is 12.2 Å². The number of ether oxygens (including phenoxy) is 1. The molecule has 3 aromatic heterocycles. The quantitative estimate of drug-likeness (QED) is 0.279. The minimum atomic E-state index is -4.55. The number of urea groups is 1. The SMILES string of the molecule is COc1ccc(C(F)(F)F)cc1NC(=O)Nc1cccc2c1ccn2Cc1ccnc2[nH]ccc12. The summed E-state index contributed by atoms with van der Waals surface area (Å²) in [7, 11) is 1.32. The first kappa shape index (κ1) is 22.3. The number of pyridine rings is 1. The summed E-state index contributed by atoms with van der Waals surface area (Å²) in [5.74, 6) is 0.117. The van der Waals surface area contributed by atoms with Crippen LogP contribution in [0.2, 0.25) is 0 Å². The lowest BCUT2D eigenvalue weighted by atomic mass is 10.1. The third-order valence-corrected chi connectivity index (χ3v) is 5.73. The molecule has 0 fully saturated rings. The molecule has 2 aromatic carbocycles. The van der Waals surface area contributed by atoms with Crippen LogP contribution in [-0.4, -0.2) is 27.7 Å². The number of benzene rings is 2. The highest BCUT2D eigenvalue weighted by molar-refractivity contribution is 6.06. The molecule has 3 heterocycles. The maximum absolute atomic E-state index is 13.1. The highest BCUT2D eigenvalue weighted by Gasteiger charge is 2.31. The number of anilines is 2. The van der Waals surface area contributed by atoms with Gasteiger partial charge in [0.2, 0.25) is 0 Å².